The molecule has 1 aromatic rings. The highest BCUT2D eigenvalue weighted by atomic mass is 19.1. The van der Waals surface area contributed by atoms with Crippen molar-refractivity contribution in [3.8, 4) is 5.75 Å². The van der Waals surface area contributed by atoms with E-state index in [2.05, 4.69) is 5.32 Å². The van der Waals surface area contributed by atoms with E-state index in [0.29, 0.717) is 24.2 Å². The van der Waals surface area contributed by atoms with Gasteiger partial charge in [0.25, 0.3) is 0 Å². The standard InChI is InChI=1S/C15H20FNO3/c1-20-13-7-11(6-12(16)8-13)10-17-14(18)9-15(19)4-2-3-5-15/h6-8,19H,2-5,9-10H2,1H3,(H,17,18). The summed E-state index contributed by atoms with van der Waals surface area (Å²) < 4.78 is 18.3. The van der Waals surface area contributed by atoms with Crippen molar-refractivity contribution < 1.29 is 19.0 Å². The van der Waals surface area contributed by atoms with Crippen LogP contribution in [0, 0.1) is 5.82 Å². The number of benzene rings is 1. The Morgan fingerprint density at radius 2 is 2.10 bits per heavy atom. The van der Waals surface area contributed by atoms with Gasteiger partial charge in [-0.25, -0.2) is 4.39 Å². The van der Waals surface area contributed by atoms with E-state index in [4.69, 9.17) is 4.74 Å². The molecule has 110 valence electrons. The molecule has 4 nitrogen and oxygen atoms in total. The molecule has 0 radical (unpaired) electrons. The average molecular weight is 281 g/mol. The zero-order valence-corrected chi connectivity index (χ0v) is 11.6. The van der Waals surface area contributed by atoms with Gasteiger partial charge in [0.2, 0.25) is 5.91 Å². The molecule has 20 heavy (non-hydrogen) atoms. The number of carbonyl (C=O) groups is 1. The fourth-order valence-corrected chi connectivity index (χ4v) is 2.61. The summed E-state index contributed by atoms with van der Waals surface area (Å²) in [7, 11) is 1.47. The minimum atomic E-state index is -0.857. The van der Waals surface area contributed by atoms with Gasteiger partial charge in [0.1, 0.15) is 11.6 Å². The highest BCUT2D eigenvalue weighted by Gasteiger charge is 2.33. The lowest BCUT2D eigenvalue weighted by Gasteiger charge is -2.21. The molecule has 5 heteroatoms. The molecule has 0 aliphatic heterocycles. The Labute approximate surface area is 117 Å². The van der Waals surface area contributed by atoms with Crippen molar-refractivity contribution in [1.82, 2.24) is 5.32 Å². The van der Waals surface area contributed by atoms with E-state index in [0.717, 1.165) is 12.8 Å². The van der Waals surface area contributed by atoms with Crippen molar-refractivity contribution in [3.63, 3.8) is 0 Å². The number of methoxy groups -OCH3 is 1. The summed E-state index contributed by atoms with van der Waals surface area (Å²) in [5.74, 6) is -0.190. The van der Waals surface area contributed by atoms with Crippen molar-refractivity contribution in [3.05, 3.63) is 29.6 Å². The number of amides is 1. The van der Waals surface area contributed by atoms with Crippen LogP contribution in [0.1, 0.15) is 37.7 Å². The summed E-state index contributed by atoms with van der Waals surface area (Å²) in [4.78, 5) is 11.8. The van der Waals surface area contributed by atoms with Crippen molar-refractivity contribution in [1.29, 1.82) is 0 Å². The van der Waals surface area contributed by atoms with Crippen LogP contribution >= 0.6 is 0 Å². The molecule has 0 bridgehead atoms. The van der Waals surface area contributed by atoms with Crippen molar-refractivity contribution >= 4 is 5.91 Å². The summed E-state index contributed by atoms with van der Waals surface area (Å²) >= 11 is 0. The second-order valence-electron chi connectivity index (χ2n) is 5.38. The SMILES string of the molecule is COc1cc(F)cc(CNC(=O)CC2(O)CCCC2)c1. The van der Waals surface area contributed by atoms with E-state index < -0.39 is 11.4 Å². The molecule has 1 amide bonds. The maximum absolute atomic E-state index is 13.3. The highest BCUT2D eigenvalue weighted by Crippen LogP contribution is 2.32. The van der Waals surface area contributed by atoms with Gasteiger partial charge < -0.3 is 15.2 Å². The Hall–Kier alpha value is -1.62. The topological polar surface area (TPSA) is 58.6 Å². The van der Waals surface area contributed by atoms with Gasteiger partial charge in [-0.15, -0.1) is 0 Å². The molecule has 0 unspecified atom stereocenters. The number of aliphatic hydroxyl groups is 1. The van der Waals surface area contributed by atoms with Gasteiger partial charge in [-0.1, -0.05) is 12.8 Å². The van der Waals surface area contributed by atoms with Gasteiger partial charge >= 0.3 is 0 Å². The number of rotatable bonds is 5. The third-order valence-corrected chi connectivity index (χ3v) is 3.68. The third kappa shape index (κ3) is 3.93. The molecule has 0 heterocycles. The minimum absolute atomic E-state index is 0.111. The average Bonchev–Trinajstić information content (AvgIpc) is 2.82. The number of ether oxygens (including phenoxy) is 1. The fraction of sp³-hybridized carbons (Fsp3) is 0.533. The first kappa shape index (κ1) is 14.8. The first-order chi connectivity index (χ1) is 9.50. The Morgan fingerprint density at radius 1 is 1.40 bits per heavy atom. The van der Waals surface area contributed by atoms with Crippen LogP contribution in [0.3, 0.4) is 0 Å². The molecule has 0 aromatic heterocycles. The van der Waals surface area contributed by atoms with Crippen LogP contribution in [0.15, 0.2) is 18.2 Å². The number of hydrogen-bond donors (Lipinski definition) is 2. The largest absolute Gasteiger partial charge is 0.497 e. The summed E-state index contributed by atoms with van der Waals surface area (Å²) in [6, 6.07) is 4.31. The van der Waals surface area contributed by atoms with Gasteiger partial charge in [0.15, 0.2) is 0 Å². The molecular formula is C15H20FNO3. The molecule has 1 saturated carbocycles. The molecule has 1 fully saturated rings. The lowest BCUT2D eigenvalue weighted by atomic mass is 9.97. The summed E-state index contributed by atoms with van der Waals surface area (Å²) in [6.45, 7) is 0.225. The number of hydrogen-bond acceptors (Lipinski definition) is 3. The zero-order valence-electron chi connectivity index (χ0n) is 11.6. The van der Waals surface area contributed by atoms with Crippen molar-refractivity contribution in [2.45, 2.75) is 44.2 Å². The molecule has 2 N–H and O–H groups in total. The zero-order chi connectivity index (χ0) is 14.6. The van der Waals surface area contributed by atoms with Crippen LogP contribution in [0.25, 0.3) is 0 Å². The second-order valence-corrected chi connectivity index (χ2v) is 5.38. The van der Waals surface area contributed by atoms with E-state index in [9.17, 15) is 14.3 Å². The normalized spacial score (nSPS) is 16.9. The minimum Gasteiger partial charge on any atom is -0.497 e. The molecule has 1 aliphatic rings. The van der Waals surface area contributed by atoms with Gasteiger partial charge in [0, 0.05) is 12.6 Å². The van der Waals surface area contributed by atoms with E-state index in [1.165, 1.54) is 19.2 Å². The lowest BCUT2D eigenvalue weighted by molar-refractivity contribution is -0.126. The Morgan fingerprint density at radius 3 is 2.75 bits per heavy atom. The Balaban J connectivity index is 1.88. The number of carbonyl (C=O) groups excluding carboxylic acids is 1. The molecule has 2 rings (SSSR count). The Bertz CT molecular complexity index is 484. The number of nitrogens with one attached hydrogen (secondary N) is 1. The third-order valence-electron chi connectivity index (χ3n) is 3.68. The maximum atomic E-state index is 13.3. The highest BCUT2D eigenvalue weighted by molar-refractivity contribution is 5.77. The van der Waals surface area contributed by atoms with Crippen LogP contribution in [0.5, 0.6) is 5.75 Å². The van der Waals surface area contributed by atoms with E-state index in [1.807, 2.05) is 0 Å². The van der Waals surface area contributed by atoms with Gasteiger partial charge in [0.05, 0.1) is 19.1 Å². The van der Waals surface area contributed by atoms with Crippen molar-refractivity contribution in [2.75, 3.05) is 7.11 Å². The molecule has 0 atom stereocenters. The van der Waals surface area contributed by atoms with Crippen LogP contribution in [-0.2, 0) is 11.3 Å². The molecule has 1 aromatic carbocycles. The predicted octanol–water partition coefficient (Wildman–Crippen LogP) is 2.15. The molecular weight excluding hydrogens is 261 g/mol. The van der Waals surface area contributed by atoms with Crippen molar-refractivity contribution in [2.24, 2.45) is 0 Å². The predicted molar refractivity (Wildman–Crippen MR) is 72.8 cm³/mol. The van der Waals surface area contributed by atoms with Gasteiger partial charge in [-0.3, -0.25) is 4.79 Å². The first-order valence-corrected chi connectivity index (χ1v) is 6.83. The van der Waals surface area contributed by atoms with E-state index in [1.54, 1.807) is 6.07 Å². The molecule has 1 aliphatic carbocycles. The smallest absolute Gasteiger partial charge is 0.223 e. The van der Waals surface area contributed by atoms with E-state index >= 15 is 0 Å². The Kier molecular flexibility index (Phi) is 4.60. The maximum Gasteiger partial charge on any atom is 0.223 e. The van der Waals surface area contributed by atoms with Crippen LogP contribution in [0.2, 0.25) is 0 Å². The van der Waals surface area contributed by atoms with E-state index in [-0.39, 0.29) is 18.9 Å². The molecule has 0 spiro atoms. The quantitative estimate of drug-likeness (QED) is 0.869. The van der Waals surface area contributed by atoms with Gasteiger partial charge in [-0.2, -0.15) is 0 Å². The fourth-order valence-electron chi connectivity index (χ4n) is 2.61. The van der Waals surface area contributed by atoms with Crippen LogP contribution in [0.4, 0.5) is 4.39 Å². The second kappa shape index (κ2) is 6.22. The van der Waals surface area contributed by atoms with Crippen LogP contribution in [-0.4, -0.2) is 23.7 Å². The number of halogens is 1. The van der Waals surface area contributed by atoms with Gasteiger partial charge in [-0.05, 0) is 30.5 Å². The van der Waals surface area contributed by atoms with Crippen LogP contribution < -0.4 is 10.1 Å². The first-order valence-electron chi connectivity index (χ1n) is 6.83. The monoisotopic (exact) mass is 281 g/mol. The summed E-state index contributed by atoms with van der Waals surface area (Å²) in [5.41, 5.74) is -0.224. The lowest BCUT2D eigenvalue weighted by Crippen LogP contribution is -2.34. The summed E-state index contributed by atoms with van der Waals surface area (Å²) in [5, 5.41) is 12.9. The summed E-state index contributed by atoms with van der Waals surface area (Å²) in [6.07, 6.45) is 3.39. The molecule has 0 saturated heterocycles.